The molecule has 1 fully saturated rings. The molecule has 4 rings (SSSR count). The molecule has 8 heteroatoms. The summed E-state index contributed by atoms with van der Waals surface area (Å²) in [6, 6.07) is 13.7. The highest BCUT2D eigenvalue weighted by atomic mass is 32.2. The Morgan fingerprint density at radius 1 is 1.10 bits per heavy atom. The Kier molecular flexibility index (Phi) is 5.96. The predicted molar refractivity (Wildman–Crippen MR) is 116 cm³/mol. The Hall–Kier alpha value is -1.87. The molecule has 1 saturated heterocycles. The van der Waals surface area contributed by atoms with Crippen molar-refractivity contribution in [3.05, 3.63) is 53.6 Å². The lowest BCUT2D eigenvalue weighted by Crippen LogP contribution is -2.40. The van der Waals surface area contributed by atoms with Crippen LogP contribution in [0.25, 0.3) is 11.0 Å². The molecule has 6 nitrogen and oxygen atoms in total. The highest BCUT2D eigenvalue weighted by Crippen LogP contribution is 2.29. The van der Waals surface area contributed by atoms with Crippen molar-refractivity contribution in [3.63, 3.8) is 0 Å². The van der Waals surface area contributed by atoms with Gasteiger partial charge < -0.3 is 9.30 Å². The van der Waals surface area contributed by atoms with Crippen molar-refractivity contribution in [3.8, 4) is 0 Å². The van der Waals surface area contributed by atoms with E-state index >= 15 is 0 Å². The smallest absolute Gasteiger partial charge is 0.243 e. The topological polar surface area (TPSA) is 64.4 Å². The third-order valence-electron chi connectivity index (χ3n) is 5.10. The summed E-state index contributed by atoms with van der Waals surface area (Å²) in [5.41, 5.74) is 4.16. The molecule has 1 aromatic heterocycles. The number of morpholine rings is 1. The largest absolute Gasteiger partial charge is 0.379 e. The number of rotatable bonds is 6. The summed E-state index contributed by atoms with van der Waals surface area (Å²) in [4.78, 5) is 5.05. The average molecular weight is 432 g/mol. The number of imidazole rings is 1. The van der Waals surface area contributed by atoms with Crippen LogP contribution in [-0.2, 0) is 27.1 Å². The molecular weight excluding hydrogens is 406 g/mol. The van der Waals surface area contributed by atoms with Crippen LogP contribution in [-0.4, -0.2) is 48.6 Å². The quantitative estimate of drug-likeness (QED) is 0.557. The summed E-state index contributed by atoms with van der Waals surface area (Å²) in [6.07, 6.45) is 0. The molecule has 29 heavy (non-hydrogen) atoms. The molecule has 0 bridgehead atoms. The van der Waals surface area contributed by atoms with Gasteiger partial charge in [-0.05, 0) is 37.6 Å². The Morgan fingerprint density at radius 2 is 1.83 bits per heavy atom. The summed E-state index contributed by atoms with van der Waals surface area (Å²) in [5.74, 6) is 0.822. The highest BCUT2D eigenvalue weighted by Gasteiger charge is 2.27. The number of aromatic nitrogens is 2. The van der Waals surface area contributed by atoms with E-state index in [2.05, 4.69) is 42.7 Å². The van der Waals surface area contributed by atoms with E-state index in [-0.39, 0.29) is 0 Å². The fourth-order valence-electron chi connectivity index (χ4n) is 3.43. The summed E-state index contributed by atoms with van der Waals surface area (Å²) in [5, 5.41) is 0.906. The Balaban J connectivity index is 1.62. The standard InChI is InChI=1S/C21H25N3O3S2/c1-3-24-20-9-8-18(29(25,26)23-10-12-27-13-11-23)14-19(20)22-21(24)28-15-17-6-4-16(2)5-7-17/h4-9,14H,3,10-13,15H2,1-2H3. The minimum atomic E-state index is -3.53. The average Bonchev–Trinajstić information content (AvgIpc) is 3.10. The number of aryl methyl sites for hydroxylation is 2. The third kappa shape index (κ3) is 4.21. The van der Waals surface area contributed by atoms with Crippen molar-refractivity contribution >= 4 is 32.8 Å². The summed E-state index contributed by atoms with van der Waals surface area (Å²) < 4.78 is 34.8. The first kappa shape index (κ1) is 20.4. The predicted octanol–water partition coefficient (Wildman–Crippen LogP) is 3.68. The van der Waals surface area contributed by atoms with Gasteiger partial charge in [-0.2, -0.15) is 4.31 Å². The summed E-state index contributed by atoms with van der Waals surface area (Å²) >= 11 is 1.67. The third-order valence-corrected chi connectivity index (χ3v) is 8.04. The molecule has 1 aliphatic heterocycles. The zero-order valence-electron chi connectivity index (χ0n) is 16.7. The lowest BCUT2D eigenvalue weighted by molar-refractivity contribution is 0.0730. The minimum Gasteiger partial charge on any atom is -0.379 e. The molecule has 154 valence electrons. The van der Waals surface area contributed by atoms with Crippen molar-refractivity contribution < 1.29 is 13.2 Å². The molecule has 0 N–H and O–H groups in total. The van der Waals surface area contributed by atoms with Crippen molar-refractivity contribution in [2.24, 2.45) is 0 Å². The van der Waals surface area contributed by atoms with Crippen LogP contribution >= 0.6 is 11.8 Å². The Morgan fingerprint density at radius 3 is 2.52 bits per heavy atom. The van der Waals surface area contributed by atoms with Crippen molar-refractivity contribution in [2.45, 2.75) is 36.2 Å². The van der Waals surface area contributed by atoms with Crippen LogP contribution in [0.2, 0.25) is 0 Å². The highest BCUT2D eigenvalue weighted by molar-refractivity contribution is 7.98. The van der Waals surface area contributed by atoms with E-state index in [0.29, 0.717) is 36.7 Å². The van der Waals surface area contributed by atoms with Crippen LogP contribution in [0.15, 0.2) is 52.5 Å². The Labute approximate surface area is 175 Å². The van der Waals surface area contributed by atoms with E-state index in [0.717, 1.165) is 23.0 Å². The number of hydrogen-bond donors (Lipinski definition) is 0. The van der Waals surface area contributed by atoms with E-state index in [1.807, 2.05) is 6.07 Å². The van der Waals surface area contributed by atoms with Crippen LogP contribution < -0.4 is 0 Å². The molecule has 0 atom stereocenters. The van der Waals surface area contributed by atoms with Gasteiger partial charge in [0.25, 0.3) is 0 Å². The zero-order valence-corrected chi connectivity index (χ0v) is 18.3. The maximum absolute atomic E-state index is 13.0. The van der Waals surface area contributed by atoms with Gasteiger partial charge in [0.15, 0.2) is 5.16 Å². The summed E-state index contributed by atoms with van der Waals surface area (Å²) in [6.45, 7) is 6.59. The van der Waals surface area contributed by atoms with Gasteiger partial charge in [0, 0.05) is 25.4 Å². The second kappa shape index (κ2) is 8.47. The van der Waals surface area contributed by atoms with Gasteiger partial charge in [0.05, 0.1) is 29.1 Å². The van der Waals surface area contributed by atoms with Crippen LogP contribution in [0.5, 0.6) is 0 Å². The van der Waals surface area contributed by atoms with Crippen LogP contribution in [0.4, 0.5) is 0 Å². The van der Waals surface area contributed by atoms with Gasteiger partial charge in [-0.15, -0.1) is 0 Å². The molecule has 0 amide bonds. The molecule has 1 aliphatic rings. The van der Waals surface area contributed by atoms with Gasteiger partial charge in [-0.1, -0.05) is 41.6 Å². The van der Waals surface area contributed by atoms with Crippen LogP contribution in [0, 0.1) is 6.92 Å². The van der Waals surface area contributed by atoms with Gasteiger partial charge in [-0.25, -0.2) is 13.4 Å². The summed E-state index contributed by atoms with van der Waals surface area (Å²) in [7, 11) is -3.53. The van der Waals surface area contributed by atoms with Gasteiger partial charge in [-0.3, -0.25) is 0 Å². The van der Waals surface area contributed by atoms with E-state index in [1.54, 1.807) is 23.9 Å². The first-order chi connectivity index (χ1) is 14.0. The van der Waals surface area contributed by atoms with Gasteiger partial charge >= 0.3 is 0 Å². The first-order valence-corrected chi connectivity index (χ1v) is 12.2. The van der Waals surface area contributed by atoms with Gasteiger partial charge in [0.2, 0.25) is 10.0 Å². The fourth-order valence-corrected chi connectivity index (χ4v) is 5.89. The number of nitrogens with zero attached hydrogens (tertiary/aromatic N) is 3. The normalized spacial score (nSPS) is 15.8. The number of sulfonamides is 1. The van der Waals surface area contributed by atoms with Crippen LogP contribution in [0.3, 0.4) is 0 Å². The molecule has 0 unspecified atom stereocenters. The lowest BCUT2D eigenvalue weighted by atomic mass is 10.2. The van der Waals surface area contributed by atoms with Crippen LogP contribution in [0.1, 0.15) is 18.1 Å². The number of fused-ring (bicyclic) bond motifs is 1. The van der Waals surface area contributed by atoms with E-state index in [9.17, 15) is 8.42 Å². The maximum Gasteiger partial charge on any atom is 0.243 e. The van der Waals surface area contributed by atoms with E-state index in [4.69, 9.17) is 9.72 Å². The number of benzene rings is 2. The second-order valence-corrected chi connectivity index (χ2v) is 9.96. The first-order valence-electron chi connectivity index (χ1n) is 9.75. The van der Waals surface area contributed by atoms with E-state index < -0.39 is 10.0 Å². The maximum atomic E-state index is 13.0. The minimum absolute atomic E-state index is 0.294. The molecule has 0 saturated carbocycles. The van der Waals surface area contributed by atoms with E-state index in [1.165, 1.54) is 15.4 Å². The second-order valence-electron chi connectivity index (χ2n) is 7.08. The molecule has 0 radical (unpaired) electrons. The zero-order chi connectivity index (χ0) is 20.4. The Bertz CT molecular complexity index is 1100. The lowest BCUT2D eigenvalue weighted by Gasteiger charge is -2.26. The molecule has 2 heterocycles. The molecular formula is C21H25N3O3S2. The number of thioether (sulfide) groups is 1. The van der Waals surface area contributed by atoms with Crippen molar-refractivity contribution in [1.82, 2.24) is 13.9 Å². The van der Waals surface area contributed by atoms with Crippen molar-refractivity contribution in [1.29, 1.82) is 0 Å². The molecule has 0 aliphatic carbocycles. The fraction of sp³-hybridized carbons (Fsp3) is 0.381. The van der Waals surface area contributed by atoms with Gasteiger partial charge in [0.1, 0.15) is 0 Å². The number of ether oxygens (including phenoxy) is 1. The molecule has 0 spiro atoms. The SMILES string of the molecule is CCn1c(SCc2ccc(C)cc2)nc2cc(S(=O)(=O)N3CCOCC3)ccc21. The molecule has 3 aromatic rings. The van der Waals surface area contributed by atoms with Crippen molar-refractivity contribution in [2.75, 3.05) is 26.3 Å². The number of hydrogen-bond acceptors (Lipinski definition) is 5. The molecule has 2 aromatic carbocycles. The monoisotopic (exact) mass is 431 g/mol.